The third-order valence-corrected chi connectivity index (χ3v) is 2.10. The first-order valence-electron chi connectivity index (χ1n) is 4.41. The molecule has 1 atom stereocenters. The fraction of sp³-hybridized carbons (Fsp3) is 0.455. The highest BCUT2D eigenvalue weighted by Crippen LogP contribution is 2.29. The van der Waals surface area contributed by atoms with Crippen LogP contribution in [0.1, 0.15) is 32.3 Å². The second-order valence-electron chi connectivity index (χ2n) is 3.31. The Hall–Kier alpha value is -0.850. The maximum absolute atomic E-state index is 13.8. The summed E-state index contributed by atoms with van der Waals surface area (Å²) in [5.74, 6) is 0. The van der Waals surface area contributed by atoms with Crippen LogP contribution in [0.5, 0.6) is 0 Å². The van der Waals surface area contributed by atoms with Crippen molar-refractivity contribution in [2.75, 3.05) is 0 Å². The molecule has 1 aromatic carbocycles. The zero-order chi connectivity index (χ0) is 9.03. The Balaban J connectivity index is 2.82. The molecule has 1 aromatic rings. The van der Waals surface area contributed by atoms with Crippen LogP contribution < -0.4 is 0 Å². The van der Waals surface area contributed by atoms with E-state index >= 15 is 0 Å². The first kappa shape index (κ1) is 9.24. The van der Waals surface area contributed by atoms with Crippen LogP contribution in [0.25, 0.3) is 0 Å². The van der Waals surface area contributed by atoms with Crippen molar-refractivity contribution in [3.8, 4) is 0 Å². The summed E-state index contributed by atoms with van der Waals surface area (Å²) in [6, 6.07) is 9.35. The number of rotatable bonds is 3. The predicted molar refractivity (Wildman–Crippen MR) is 49.8 cm³/mol. The molecule has 0 N–H and O–H groups in total. The summed E-state index contributed by atoms with van der Waals surface area (Å²) in [4.78, 5) is 0. The van der Waals surface area contributed by atoms with Gasteiger partial charge in [-0.05, 0) is 18.9 Å². The SMILES string of the molecule is CCCC(C)(F)c1ccccc1. The molecule has 0 saturated carbocycles. The second-order valence-corrected chi connectivity index (χ2v) is 3.31. The molecule has 0 fully saturated rings. The first-order valence-corrected chi connectivity index (χ1v) is 4.41. The van der Waals surface area contributed by atoms with Crippen LogP contribution in [0.3, 0.4) is 0 Å². The monoisotopic (exact) mass is 166 g/mol. The highest BCUT2D eigenvalue weighted by atomic mass is 19.1. The Kier molecular flexibility index (Phi) is 2.85. The van der Waals surface area contributed by atoms with Gasteiger partial charge < -0.3 is 0 Å². The minimum Gasteiger partial charge on any atom is -0.239 e. The van der Waals surface area contributed by atoms with Gasteiger partial charge in [0.25, 0.3) is 0 Å². The molecule has 0 aliphatic heterocycles. The normalized spacial score (nSPS) is 15.6. The molecule has 66 valence electrons. The average molecular weight is 166 g/mol. The standard InChI is InChI=1S/C11H15F/c1-3-9-11(2,12)10-7-5-4-6-8-10/h4-8H,3,9H2,1-2H3. The Morgan fingerprint density at radius 3 is 2.33 bits per heavy atom. The van der Waals surface area contributed by atoms with Crippen LogP contribution in [0.4, 0.5) is 4.39 Å². The van der Waals surface area contributed by atoms with Crippen LogP contribution in [0, 0.1) is 0 Å². The molecule has 0 amide bonds. The topological polar surface area (TPSA) is 0 Å². The molecule has 0 radical (unpaired) electrons. The largest absolute Gasteiger partial charge is 0.239 e. The van der Waals surface area contributed by atoms with Crippen LogP contribution in [-0.2, 0) is 5.67 Å². The Morgan fingerprint density at radius 2 is 1.83 bits per heavy atom. The van der Waals surface area contributed by atoms with Crippen molar-refractivity contribution in [3.05, 3.63) is 35.9 Å². The Morgan fingerprint density at radius 1 is 1.25 bits per heavy atom. The van der Waals surface area contributed by atoms with E-state index in [2.05, 4.69) is 0 Å². The molecule has 1 unspecified atom stereocenters. The molecule has 0 aliphatic carbocycles. The van der Waals surface area contributed by atoms with Gasteiger partial charge in [0, 0.05) is 0 Å². The van der Waals surface area contributed by atoms with Gasteiger partial charge in [0.2, 0.25) is 0 Å². The van der Waals surface area contributed by atoms with E-state index < -0.39 is 5.67 Å². The van der Waals surface area contributed by atoms with Gasteiger partial charge >= 0.3 is 0 Å². The van der Waals surface area contributed by atoms with Crippen molar-refractivity contribution in [2.45, 2.75) is 32.4 Å². The molecule has 0 heterocycles. The average Bonchev–Trinajstić information content (AvgIpc) is 2.06. The number of halogens is 1. The molecule has 0 nitrogen and oxygen atoms in total. The van der Waals surface area contributed by atoms with Gasteiger partial charge in [0.1, 0.15) is 5.67 Å². The Labute approximate surface area is 73.4 Å². The zero-order valence-electron chi connectivity index (χ0n) is 7.68. The summed E-state index contributed by atoms with van der Waals surface area (Å²) in [5.41, 5.74) is -0.373. The third-order valence-electron chi connectivity index (χ3n) is 2.10. The van der Waals surface area contributed by atoms with Gasteiger partial charge in [-0.3, -0.25) is 0 Å². The van der Waals surface area contributed by atoms with E-state index in [0.29, 0.717) is 6.42 Å². The van der Waals surface area contributed by atoms with Crippen molar-refractivity contribution in [2.24, 2.45) is 0 Å². The van der Waals surface area contributed by atoms with Crippen molar-refractivity contribution in [3.63, 3.8) is 0 Å². The Bertz CT molecular complexity index is 226. The molecule has 1 heteroatoms. The molecule has 0 saturated heterocycles. The first-order chi connectivity index (χ1) is 5.67. The summed E-state index contributed by atoms with van der Waals surface area (Å²) < 4.78 is 13.8. The minimum atomic E-state index is -1.16. The highest BCUT2D eigenvalue weighted by Gasteiger charge is 2.23. The van der Waals surface area contributed by atoms with E-state index in [4.69, 9.17) is 0 Å². The highest BCUT2D eigenvalue weighted by molar-refractivity contribution is 5.21. The predicted octanol–water partition coefficient (Wildman–Crippen LogP) is 3.67. The van der Waals surface area contributed by atoms with Crippen LogP contribution in [0.15, 0.2) is 30.3 Å². The molecule has 0 aromatic heterocycles. The van der Waals surface area contributed by atoms with Crippen LogP contribution >= 0.6 is 0 Å². The lowest BCUT2D eigenvalue weighted by Crippen LogP contribution is -2.14. The number of benzene rings is 1. The van der Waals surface area contributed by atoms with Gasteiger partial charge in [-0.1, -0.05) is 43.7 Å². The lowest BCUT2D eigenvalue weighted by atomic mass is 9.93. The number of hydrogen-bond donors (Lipinski definition) is 0. The fourth-order valence-corrected chi connectivity index (χ4v) is 1.40. The van der Waals surface area contributed by atoms with Crippen LogP contribution in [-0.4, -0.2) is 0 Å². The lowest BCUT2D eigenvalue weighted by molar-refractivity contribution is 0.175. The summed E-state index contributed by atoms with van der Waals surface area (Å²) >= 11 is 0. The quantitative estimate of drug-likeness (QED) is 0.642. The van der Waals surface area contributed by atoms with E-state index in [1.807, 2.05) is 37.3 Å². The molecule has 1 rings (SSSR count). The fourth-order valence-electron chi connectivity index (χ4n) is 1.40. The van der Waals surface area contributed by atoms with E-state index in [0.717, 1.165) is 12.0 Å². The van der Waals surface area contributed by atoms with E-state index in [-0.39, 0.29) is 0 Å². The summed E-state index contributed by atoms with van der Waals surface area (Å²) in [6.45, 7) is 3.65. The van der Waals surface area contributed by atoms with Crippen molar-refractivity contribution in [1.82, 2.24) is 0 Å². The molecular formula is C11H15F. The van der Waals surface area contributed by atoms with Crippen molar-refractivity contribution in [1.29, 1.82) is 0 Å². The van der Waals surface area contributed by atoms with Crippen molar-refractivity contribution < 1.29 is 4.39 Å². The van der Waals surface area contributed by atoms with Crippen molar-refractivity contribution >= 4 is 0 Å². The minimum absolute atomic E-state index is 0.594. The maximum atomic E-state index is 13.8. The summed E-state index contributed by atoms with van der Waals surface area (Å²) in [7, 11) is 0. The van der Waals surface area contributed by atoms with E-state index in [1.165, 1.54) is 0 Å². The molecular weight excluding hydrogens is 151 g/mol. The third kappa shape index (κ3) is 2.07. The van der Waals surface area contributed by atoms with Gasteiger partial charge in [-0.15, -0.1) is 0 Å². The number of alkyl halides is 1. The zero-order valence-corrected chi connectivity index (χ0v) is 7.68. The van der Waals surface area contributed by atoms with E-state index in [1.54, 1.807) is 6.92 Å². The van der Waals surface area contributed by atoms with Gasteiger partial charge in [0.05, 0.1) is 0 Å². The van der Waals surface area contributed by atoms with Gasteiger partial charge in [-0.25, -0.2) is 4.39 Å². The molecule has 0 bridgehead atoms. The van der Waals surface area contributed by atoms with Gasteiger partial charge in [-0.2, -0.15) is 0 Å². The lowest BCUT2D eigenvalue weighted by Gasteiger charge is -2.19. The maximum Gasteiger partial charge on any atom is 0.133 e. The van der Waals surface area contributed by atoms with Gasteiger partial charge in [0.15, 0.2) is 0 Å². The van der Waals surface area contributed by atoms with E-state index in [9.17, 15) is 4.39 Å². The molecule has 0 aliphatic rings. The number of hydrogen-bond acceptors (Lipinski definition) is 0. The van der Waals surface area contributed by atoms with Crippen LogP contribution in [0.2, 0.25) is 0 Å². The second kappa shape index (κ2) is 3.70. The summed E-state index contributed by atoms with van der Waals surface area (Å²) in [5, 5.41) is 0. The summed E-state index contributed by atoms with van der Waals surface area (Å²) in [6.07, 6.45) is 1.47. The molecule has 12 heavy (non-hydrogen) atoms. The molecule has 0 spiro atoms. The smallest absolute Gasteiger partial charge is 0.133 e.